The number of carboxylic acid groups (broad SMARTS) is 1. The maximum atomic E-state index is 13.7. The topological polar surface area (TPSA) is 126 Å². The van der Waals surface area contributed by atoms with Crippen LogP contribution in [0.1, 0.15) is 54.1 Å². The van der Waals surface area contributed by atoms with Crippen LogP contribution in [0, 0.1) is 11.8 Å². The third-order valence-corrected chi connectivity index (χ3v) is 8.08. The number of halogens is 1. The Morgan fingerprint density at radius 2 is 1.79 bits per heavy atom. The van der Waals surface area contributed by atoms with Crippen LogP contribution >= 0.6 is 0 Å². The second kappa shape index (κ2) is 10.9. The molecule has 1 saturated heterocycles. The van der Waals surface area contributed by atoms with Gasteiger partial charge in [-0.1, -0.05) is 30.3 Å². The number of hydrogen-bond donors (Lipinski definition) is 3. The summed E-state index contributed by atoms with van der Waals surface area (Å²) in [4.78, 5) is 40.4. The smallest absolute Gasteiger partial charge is 0.371 e. The van der Waals surface area contributed by atoms with Crippen molar-refractivity contribution in [2.75, 3.05) is 18.5 Å². The van der Waals surface area contributed by atoms with Gasteiger partial charge in [-0.25, -0.2) is 9.18 Å². The largest absolute Gasteiger partial charge is 0.475 e. The highest BCUT2D eigenvalue weighted by molar-refractivity contribution is 6.00. The molecule has 0 spiro atoms. The SMILES string of the molecule is N[C@H](CF)C1CCC(C(=O)N2CC[C@@H](c3ccccc3)[C@H]2C(=O)Nc2ccc3oc(C(=O)O)cc3c2)CC1. The minimum atomic E-state index is -1.17. The Morgan fingerprint density at radius 1 is 1.05 bits per heavy atom. The molecule has 3 atom stereocenters. The van der Waals surface area contributed by atoms with Crippen molar-refractivity contribution >= 4 is 34.4 Å². The number of rotatable bonds is 7. The Balaban J connectivity index is 1.37. The summed E-state index contributed by atoms with van der Waals surface area (Å²) in [7, 11) is 0. The zero-order chi connectivity index (χ0) is 26.8. The number of furan rings is 1. The number of nitrogens with zero attached hydrogens (tertiary/aromatic N) is 1. The van der Waals surface area contributed by atoms with Crippen LogP contribution in [0.25, 0.3) is 11.0 Å². The average Bonchev–Trinajstić information content (AvgIpc) is 3.58. The van der Waals surface area contributed by atoms with Gasteiger partial charge in [-0.15, -0.1) is 0 Å². The van der Waals surface area contributed by atoms with E-state index in [1.165, 1.54) is 6.07 Å². The lowest BCUT2D eigenvalue weighted by Crippen LogP contribution is -2.48. The lowest BCUT2D eigenvalue weighted by Gasteiger charge is -2.35. The number of carbonyl (C=O) groups excluding carboxylic acids is 2. The first-order chi connectivity index (χ1) is 18.4. The average molecular weight is 522 g/mol. The number of hydrogen-bond acceptors (Lipinski definition) is 5. The Kier molecular flexibility index (Phi) is 7.46. The first kappa shape index (κ1) is 25.9. The Labute approximate surface area is 220 Å². The number of alkyl halides is 1. The van der Waals surface area contributed by atoms with Crippen LogP contribution in [-0.4, -0.2) is 53.1 Å². The van der Waals surface area contributed by atoms with Crippen LogP contribution in [0.4, 0.5) is 10.1 Å². The van der Waals surface area contributed by atoms with Crippen molar-refractivity contribution in [3.05, 3.63) is 65.9 Å². The van der Waals surface area contributed by atoms with E-state index in [1.807, 2.05) is 30.3 Å². The van der Waals surface area contributed by atoms with Gasteiger partial charge in [0.2, 0.25) is 17.6 Å². The quantitative estimate of drug-likeness (QED) is 0.419. The number of aromatic carboxylic acids is 1. The molecule has 3 aromatic rings. The van der Waals surface area contributed by atoms with Crippen LogP contribution in [0.2, 0.25) is 0 Å². The van der Waals surface area contributed by atoms with Crippen LogP contribution in [0.5, 0.6) is 0 Å². The highest BCUT2D eigenvalue weighted by atomic mass is 19.1. The van der Waals surface area contributed by atoms with Crippen molar-refractivity contribution < 1.29 is 28.3 Å². The van der Waals surface area contributed by atoms with E-state index in [1.54, 1.807) is 23.1 Å². The van der Waals surface area contributed by atoms with E-state index in [9.17, 15) is 23.9 Å². The summed E-state index contributed by atoms with van der Waals surface area (Å²) in [5.74, 6) is -1.96. The summed E-state index contributed by atoms with van der Waals surface area (Å²) in [6.07, 6.45) is 3.36. The van der Waals surface area contributed by atoms with E-state index in [2.05, 4.69) is 5.32 Å². The predicted octanol–water partition coefficient (Wildman–Crippen LogP) is 4.56. The number of benzene rings is 2. The maximum Gasteiger partial charge on any atom is 0.371 e. The van der Waals surface area contributed by atoms with Crippen molar-refractivity contribution in [1.29, 1.82) is 0 Å². The van der Waals surface area contributed by atoms with Crippen molar-refractivity contribution in [2.24, 2.45) is 17.6 Å². The maximum absolute atomic E-state index is 13.7. The number of likely N-dealkylation sites (tertiary alicyclic amines) is 1. The van der Waals surface area contributed by atoms with E-state index < -0.39 is 24.7 Å². The molecule has 1 aliphatic carbocycles. The van der Waals surface area contributed by atoms with Gasteiger partial charge < -0.3 is 25.5 Å². The third kappa shape index (κ3) is 5.15. The summed E-state index contributed by atoms with van der Waals surface area (Å²) in [6, 6.07) is 14.9. The van der Waals surface area contributed by atoms with Gasteiger partial charge in [0.15, 0.2) is 0 Å². The number of fused-ring (bicyclic) bond motifs is 1. The molecule has 4 N–H and O–H groups in total. The minimum Gasteiger partial charge on any atom is -0.475 e. The molecular weight excluding hydrogens is 489 g/mol. The monoisotopic (exact) mass is 521 g/mol. The normalized spacial score (nSPS) is 24.3. The molecule has 0 unspecified atom stereocenters. The van der Waals surface area contributed by atoms with E-state index in [-0.39, 0.29) is 35.3 Å². The Hall–Kier alpha value is -3.72. The lowest BCUT2D eigenvalue weighted by atomic mass is 9.78. The first-order valence-electron chi connectivity index (χ1n) is 13.1. The Bertz CT molecular complexity index is 1320. The van der Waals surface area contributed by atoms with Crippen molar-refractivity contribution in [1.82, 2.24) is 4.90 Å². The minimum absolute atomic E-state index is 0.0350. The molecule has 8 nitrogen and oxygen atoms in total. The zero-order valence-electron chi connectivity index (χ0n) is 21.0. The molecule has 200 valence electrons. The van der Waals surface area contributed by atoms with Crippen molar-refractivity contribution in [3.63, 3.8) is 0 Å². The van der Waals surface area contributed by atoms with Crippen LogP contribution in [0.3, 0.4) is 0 Å². The number of amides is 2. The van der Waals surface area contributed by atoms with Crippen molar-refractivity contribution in [3.8, 4) is 0 Å². The molecule has 1 aliphatic heterocycles. The Morgan fingerprint density at radius 3 is 2.47 bits per heavy atom. The highest BCUT2D eigenvalue weighted by Gasteiger charge is 2.44. The zero-order valence-corrected chi connectivity index (χ0v) is 21.0. The standard InChI is InChI=1S/C29H32FN3O5/c30-16-23(31)18-6-8-19(9-7-18)28(35)33-13-12-22(17-4-2-1-3-5-17)26(33)27(34)32-21-10-11-24-20(14-21)15-25(38-24)29(36)37/h1-5,10-11,14-15,18-19,22-23,26H,6-9,12-13,16,31H2,(H,32,34)(H,36,37)/t18?,19?,22-,23+,26-/m0/s1. The van der Waals surface area contributed by atoms with Gasteiger partial charge in [0.25, 0.3) is 0 Å². The van der Waals surface area contributed by atoms with Gasteiger partial charge in [-0.2, -0.15) is 0 Å². The van der Waals surface area contributed by atoms with Crippen LogP contribution in [-0.2, 0) is 9.59 Å². The molecule has 0 bridgehead atoms. The molecule has 38 heavy (non-hydrogen) atoms. The number of carboxylic acids is 1. The van der Waals surface area contributed by atoms with Gasteiger partial charge in [-0.3, -0.25) is 9.59 Å². The van der Waals surface area contributed by atoms with Crippen LogP contribution < -0.4 is 11.1 Å². The molecular formula is C29H32FN3O5. The van der Waals surface area contributed by atoms with Crippen molar-refractivity contribution in [2.45, 2.75) is 50.1 Å². The summed E-state index contributed by atoms with van der Waals surface area (Å²) in [5, 5.41) is 12.7. The van der Waals surface area contributed by atoms with E-state index in [0.29, 0.717) is 55.3 Å². The number of nitrogens with one attached hydrogen (secondary N) is 1. The fraction of sp³-hybridized carbons (Fsp3) is 0.414. The summed E-state index contributed by atoms with van der Waals surface area (Å²) in [5.41, 5.74) is 7.80. The molecule has 5 rings (SSSR count). The number of anilines is 1. The molecule has 9 heteroatoms. The van der Waals surface area contributed by atoms with Gasteiger partial charge in [0.1, 0.15) is 18.3 Å². The van der Waals surface area contributed by atoms with Gasteiger partial charge in [0.05, 0.1) is 0 Å². The molecule has 2 aromatic carbocycles. The van der Waals surface area contributed by atoms with Gasteiger partial charge >= 0.3 is 5.97 Å². The summed E-state index contributed by atoms with van der Waals surface area (Å²) < 4.78 is 18.4. The molecule has 2 aliphatic rings. The molecule has 1 saturated carbocycles. The van der Waals surface area contributed by atoms with E-state index >= 15 is 0 Å². The van der Waals surface area contributed by atoms with Gasteiger partial charge in [-0.05, 0) is 67.9 Å². The summed E-state index contributed by atoms with van der Waals surface area (Å²) >= 11 is 0. The first-order valence-corrected chi connectivity index (χ1v) is 13.1. The fourth-order valence-electron chi connectivity index (χ4n) is 6.01. The van der Waals surface area contributed by atoms with Gasteiger partial charge in [0, 0.05) is 35.5 Å². The summed E-state index contributed by atoms with van der Waals surface area (Å²) in [6.45, 7) is -0.0816. The fourth-order valence-corrected chi connectivity index (χ4v) is 6.01. The predicted molar refractivity (Wildman–Crippen MR) is 141 cm³/mol. The second-order valence-electron chi connectivity index (χ2n) is 10.4. The van der Waals surface area contributed by atoms with Crippen LogP contribution in [0.15, 0.2) is 59.0 Å². The molecule has 2 amide bonds. The lowest BCUT2D eigenvalue weighted by molar-refractivity contribution is -0.141. The second-order valence-corrected chi connectivity index (χ2v) is 10.4. The highest BCUT2D eigenvalue weighted by Crippen LogP contribution is 2.38. The molecule has 2 heterocycles. The number of carbonyl (C=O) groups is 3. The molecule has 0 radical (unpaired) electrons. The van der Waals surface area contributed by atoms with E-state index in [0.717, 1.165) is 5.56 Å². The van der Waals surface area contributed by atoms with E-state index in [4.69, 9.17) is 10.2 Å². The molecule has 2 fully saturated rings. The third-order valence-electron chi connectivity index (χ3n) is 8.08. The number of nitrogens with two attached hydrogens (primary N) is 1. The molecule has 1 aromatic heterocycles.